The molecule has 0 atom stereocenters. The standard InChI is InChI=1S/C12H13N3O2/c1-15-6-5-14-11(15)10-4-2-3-9(7-10)8-17-12(13)16/h2-7H,8H2,1H3,(H2,13,16). The molecule has 0 aliphatic rings. The molecule has 0 saturated carbocycles. The Kier molecular flexibility index (Phi) is 3.09. The fraction of sp³-hybridized carbons (Fsp3) is 0.167. The van der Waals surface area contributed by atoms with Gasteiger partial charge >= 0.3 is 6.09 Å². The number of imidazole rings is 1. The van der Waals surface area contributed by atoms with Gasteiger partial charge in [0.25, 0.3) is 0 Å². The Hall–Kier alpha value is -2.30. The molecule has 0 spiro atoms. The number of rotatable bonds is 3. The van der Waals surface area contributed by atoms with Crippen molar-refractivity contribution in [1.82, 2.24) is 9.55 Å². The third-order valence-electron chi connectivity index (χ3n) is 2.39. The fourth-order valence-electron chi connectivity index (χ4n) is 1.60. The number of aromatic nitrogens is 2. The van der Waals surface area contributed by atoms with Gasteiger partial charge in [0.15, 0.2) is 0 Å². The van der Waals surface area contributed by atoms with Gasteiger partial charge < -0.3 is 15.0 Å². The highest BCUT2D eigenvalue weighted by Crippen LogP contribution is 2.18. The number of ether oxygens (including phenoxy) is 1. The van der Waals surface area contributed by atoms with Gasteiger partial charge in [0.2, 0.25) is 0 Å². The summed E-state index contributed by atoms with van der Waals surface area (Å²) >= 11 is 0. The first-order chi connectivity index (χ1) is 8.16. The molecule has 0 saturated heterocycles. The van der Waals surface area contributed by atoms with E-state index in [0.717, 1.165) is 17.0 Å². The zero-order chi connectivity index (χ0) is 12.3. The SMILES string of the molecule is Cn1ccnc1-c1cccc(COC(N)=O)c1. The van der Waals surface area contributed by atoms with Crippen molar-refractivity contribution < 1.29 is 9.53 Å². The Morgan fingerprint density at radius 1 is 1.53 bits per heavy atom. The van der Waals surface area contributed by atoms with Gasteiger partial charge in [-0.2, -0.15) is 0 Å². The van der Waals surface area contributed by atoms with Crippen molar-refractivity contribution >= 4 is 6.09 Å². The van der Waals surface area contributed by atoms with E-state index in [2.05, 4.69) is 4.98 Å². The summed E-state index contributed by atoms with van der Waals surface area (Å²) in [4.78, 5) is 14.8. The van der Waals surface area contributed by atoms with E-state index in [1.807, 2.05) is 42.1 Å². The van der Waals surface area contributed by atoms with Crippen LogP contribution >= 0.6 is 0 Å². The Labute approximate surface area is 98.8 Å². The summed E-state index contributed by atoms with van der Waals surface area (Å²) in [6, 6.07) is 7.64. The Bertz CT molecular complexity index is 534. The molecule has 5 nitrogen and oxygen atoms in total. The highest BCUT2D eigenvalue weighted by Gasteiger charge is 2.04. The van der Waals surface area contributed by atoms with Crippen LogP contribution < -0.4 is 5.73 Å². The van der Waals surface area contributed by atoms with Gasteiger partial charge in [-0.1, -0.05) is 18.2 Å². The maximum Gasteiger partial charge on any atom is 0.404 e. The predicted molar refractivity (Wildman–Crippen MR) is 63.0 cm³/mol. The number of hydrogen-bond acceptors (Lipinski definition) is 3. The molecule has 0 fully saturated rings. The van der Waals surface area contributed by atoms with Crippen LogP contribution in [0.2, 0.25) is 0 Å². The van der Waals surface area contributed by atoms with Crippen LogP contribution in [0.3, 0.4) is 0 Å². The number of amides is 1. The molecule has 1 aromatic carbocycles. The average Bonchev–Trinajstić information content (AvgIpc) is 2.73. The zero-order valence-corrected chi connectivity index (χ0v) is 9.46. The third kappa shape index (κ3) is 2.63. The van der Waals surface area contributed by atoms with Crippen molar-refractivity contribution in [3.63, 3.8) is 0 Å². The molecule has 17 heavy (non-hydrogen) atoms. The molecule has 0 radical (unpaired) electrons. The molecule has 0 aliphatic heterocycles. The number of nitrogens with two attached hydrogens (primary N) is 1. The topological polar surface area (TPSA) is 70.1 Å². The van der Waals surface area contributed by atoms with Crippen molar-refractivity contribution in [2.24, 2.45) is 12.8 Å². The lowest BCUT2D eigenvalue weighted by Crippen LogP contribution is -2.12. The van der Waals surface area contributed by atoms with Crippen LogP contribution in [0, 0.1) is 0 Å². The molecule has 0 aliphatic carbocycles. The molecule has 88 valence electrons. The molecule has 1 heterocycles. The summed E-state index contributed by atoms with van der Waals surface area (Å²) in [6.45, 7) is 0.174. The lowest BCUT2D eigenvalue weighted by molar-refractivity contribution is 0.150. The van der Waals surface area contributed by atoms with E-state index in [1.54, 1.807) is 6.20 Å². The summed E-state index contributed by atoms with van der Waals surface area (Å²) in [6.07, 6.45) is 2.84. The average molecular weight is 231 g/mol. The van der Waals surface area contributed by atoms with Crippen molar-refractivity contribution in [3.05, 3.63) is 42.2 Å². The van der Waals surface area contributed by atoms with Crippen LogP contribution in [0.4, 0.5) is 4.79 Å². The van der Waals surface area contributed by atoms with Gasteiger partial charge in [-0.3, -0.25) is 0 Å². The van der Waals surface area contributed by atoms with E-state index >= 15 is 0 Å². The third-order valence-corrected chi connectivity index (χ3v) is 2.39. The van der Waals surface area contributed by atoms with Gasteiger partial charge in [0, 0.05) is 25.0 Å². The smallest absolute Gasteiger partial charge is 0.404 e. The molecular weight excluding hydrogens is 218 g/mol. The molecular formula is C12H13N3O2. The minimum Gasteiger partial charge on any atom is -0.445 e. The summed E-state index contributed by atoms with van der Waals surface area (Å²) in [7, 11) is 1.93. The summed E-state index contributed by atoms with van der Waals surface area (Å²) < 4.78 is 6.67. The minimum absolute atomic E-state index is 0.174. The van der Waals surface area contributed by atoms with Crippen molar-refractivity contribution in [3.8, 4) is 11.4 Å². The number of aryl methyl sites for hydroxylation is 1. The number of carbonyl (C=O) groups is 1. The first kappa shape index (κ1) is 11.2. The summed E-state index contributed by atoms with van der Waals surface area (Å²) in [5.41, 5.74) is 6.77. The molecule has 0 bridgehead atoms. The number of primary amides is 1. The largest absolute Gasteiger partial charge is 0.445 e. The van der Waals surface area contributed by atoms with E-state index in [0.29, 0.717) is 0 Å². The second-order valence-electron chi connectivity index (χ2n) is 3.67. The Morgan fingerprint density at radius 3 is 3.00 bits per heavy atom. The second-order valence-corrected chi connectivity index (χ2v) is 3.67. The lowest BCUT2D eigenvalue weighted by atomic mass is 10.1. The fourth-order valence-corrected chi connectivity index (χ4v) is 1.60. The van der Waals surface area contributed by atoms with Crippen LogP contribution in [-0.2, 0) is 18.4 Å². The van der Waals surface area contributed by atoms with E-state index in [9.17, 15) is 4.79 Å². The van der Waals surface area contributed by atoms with Crippen LogP contribution in [-0.4, -0.2) is 15.6 Å². The van der Waals surface area contributed by atoms with E-state index in [1.165, 1.54) is 0 Å². The first-order valence-corrected chi connectivity index (χ1v) is 5.15. The van der Waals surface area contributed by atoms with E-state index < -0.39 is 6.09 Å². The highest BCUT2D eigenvalue weighted by molar-refractivity contribution is 5.64. The van der Waals surface area contributed by atoms with Crippen LogP contribution in [0.25, 0.3) is 11.4 Å². The second kappa shape index (κ2) is 4.69. The summed E-state index contributed by atoms with van der Waals surface area (Å²) in [5.74, 6) is 0.867. The quantitative estimate of drug-likeness (QED) is 0.873. The maximum absolute atomic E-state index is 10.5. The molecule has 0 unspecified atom stereocenters. The number of carbonyl (C=O) groups excluding carboxylic acids is 1. The van der Waals surface area contributed by atoms with Crippen molar-refractivity contribution in [2.75, 3.05) is 0 Å². The molecule has 1 amide bonds. The van der Waals surface area contributed by atoms with Crippen LogP contribution in [0.5, 0.6) is 0 Å². The zero-order valence-electron chi connectivity index (χ0n) is 9.46. The van der Waals surface area contributed by atoms with Gasteiger partial charge in [-0.05, 0) is 11.6 Å². The van der Waals surface area contributed by atoms with Crippen LogP contribution in [0.1, 0.15) is 5.56 Å². The highest BCUT2D eigenvalue weighted by atomic mass is 16.5. The van der Waals surface area contributed by atoms with Crippen LogP contribution in [0.15, 0.2) is 36.7 Å². The first-order valence-electron chi connectivity index (χ1n) is 5.15. The molecule has 5 heteroatoms. The normalized spacial score (nSPS) is 10.2. The van der Waals surface area contributed by atoms with Gasteiger partial charge in [-0.15, -0.1) is 0 Å². The van der Waals surface area contributed by atoms with Crippen molar-refractivity contribution in [1.29, 1.82) is 0 Å². The maximum atomic E-state index is 10.5. The number of hydrogen-bond donors (Lipinski definition) is 1. The molecule has 2 N–H and O–H groups in total. The van der Waals surface area contributed by atoms with Gasteiger partial charge in [0.1, 0.15) is 12.4 Å². The van der Waals surface area contributed by atoms with E-state index in [-0.39, 0.29) is 6.61 Å². The predicted octanol–water partition coefficient (Wildman–Crippen LogP) is 1.68. The van der Waals surface area contributed by atoms with E-state index in [4.69, 9.17) is 10.5 Å². The monoisotopic (exact) mass is 231 g/mol. The summed E-state index contributed by atoms with van der Waals surface area (Å²) in [5, 5.41) is 0. The molecule has 2 rings (SSSR count). The van der Waals surface area contributed by atoms with Gasteiger partial charge in [0.05, 0.1) is 0 Å². The van der Waals surface area contributed by atoms with Gasteiger partial charge in [-0.25, -0.2) is 9.78 Å². The number of benzene rings is 1. The Morgan fingerprint density at radius 2 is 2.35 bits per heavy atom. The molecule has 1 aromatic heterocycles. The Balaban J connectivity index is 2.23. The molecule has 2 aromatic rings. The lowest BCUT2D eigenvalue weighted by Gasteiger charge is -2.05. The minimum atomic E-state index is -0.771. The van der Waals surface area contributed by atoms with Crippen molar-refractivity contribution in [2.45, 2.75) is 6.61 Å². The number of nitrogens with zero attached hydrogens (tertiary/aromatic N) is 2.